The van der Waals surface area contributed by atoms with Crippen LogP contribution in [0.1, 0.15) is 19.8 Å². The summed E-state index contributed by atoms with van der Waals surface area (Å²) in [6.45, 7) is 6.39. The molecule has 2 rings (SSSR count). The second-order valence-corrected chi connectivity index (χ2v) is 5.80. The first-order valence-corrected chi connectivity index (χ1v) is 8.71. The molecule has 0 bridgehead atoms. The number of rotatable bonds is 8. The van der Waals surface area contributed by atoms with Gasteiger partial charge in [0.25, 0.3) is 0 Å². The number of ether oxygens (including phenoxy) is 2. The Morgan fingerprint density at radius 2 is 2.21 bits per heavy atom. The highest BCUT2D eigenvalue weighted by atomic mass is 16.5. The topological polar surface area (TPSA) is 58.1 Å². The van der Waals surface area contributed by atoms with E-state index in [1.54, 1.807) is 7.11 Å². The van der Waals surface area contributed by atoms with Crippen molar-refractivity contribution >= 4 is 11.6 Å². The van der Waals surface area contributed by atoms with Crippen molar-refractivity contribution in [1.29, 1.82) is 0 Å². The molecule has 1 unspecified atom stereocenters. The van der Waals surface area contributed by atoms with Crippen molar-refractivity contribution in [1.82, 2.24) is 10.6 Å². The molecule has 1 fully saturated rings. The van der Waals surface area contributed by atoms with Gasteiger partial charge in [0, 0.05) is 45.9 Å². The Hall–Kier alpha value is -1.95. The molecular formula is C18H30N4O2. The van der Waals surface area contributed by atoms with Gasteiger partial charge in [0.1, 0.15) is 5.75 Å². The van der Waals surface area contributed by atoms with Crippen LogP contribution in [0, 0.1) is 0 Å². The van der Waals surface area contributed by atoms with Crippen molar-refractivity contribution in [2.24, 2.45) is 4.99 Å². The van der Waals surface area contributed by atoms with Gasteiger partial charge >= 0.3 is 0 Å². The fourth-order valence-electron chi connectivity index (χ4n) is 2.90. The Balaban J connectivity index is 1.80. The summed E-state index contributed by atoms with van der Waals surface area (Å²) in [5, 5.41) is 6.86. The number of hydrogen-bond acceptors (Lipinski definition) is 4. The quantitative estimate of drug-likeness (QED) is 0.432. The minimum atomic E-state index is 0.382. The number of anilines is 1. The third-order valence-corrected chi connectivity index (χ3v) is 4.14. The van der Waals surface area contributed by atoms with E-state index in [0.717, 1.165) is 63.1 Å². The van der Waals surface area contributed by atoms with Crippen LogP contribution in [-0.4, -0.2) is 59.0 Å². The van der Waals surface area contributed by atoms with Gasteiger partial charge in [-0.2, -0.15) is 0 Å². The fraction of sp³-hybridized carbons (Fsp3) is 0.611. The van der Waals surface area contributed by atoms with Crippen molar-refractivity contribution in [3.05, 3.63) is 24.3 Å². The fourth-order valence-corrected chi connectivity index (χ4v) is 2.90. The number of nitrogens with zero attached hydrogens (tertiary/aromatic N) is 2. The molecule has 1 atom stereocenters. The lowest BCUT2D eigenvalue weighted by atomic mass is 10.2. The zero-order valence-corrected chi connectivity index (χ0v) is 15.0. The molecule has 1 aliphatic heterocycles. The highest BCUT2D eigenvalue weighted by Gasteiger charge is 2.25. The molecular weight excluding hydrogens is 304 g/mol. The Morgan fingerprint density at radius 3 is 2.96 bits per heavy atom. The monoisotopic (exact) mass is 334 g/mol. The second kappa shape index (κ2) is 10.0. The zero-order valence-electron chi connectivity index (χ0n) is 15.0. The van der Waals surface area contributed by atoms with Crippen molar-refractivity contribution in [3.63, 3.8) is 0 Å². The second-order valence-electron chi connectivity index (χ2n) is 5.80. The van der Waals surface area contributed by atoms with Gasteiger partial charge in [-0.05, 0) is 31.9 Å². The highest BCUT2D eigenvalue weighted by Crippen LogP contribution is 2.30. The summed E-state index contributed by atoms with van der Waals surface area (Å²) in [5.74, 6) is 1.79. The molecule has 6 heteroatoms. The summed E-state index contributed by atoms with van der Waals surface area (Å²) in [6.07, 6.45) is 2.06. The van der Waals surface area contributed by atoms with Gasteiger partial charge in [0.2, 0.25) is 0 Å². The van der Waals surface area contributed by atoms with E-state index >= 15 is 0 Å². The summed E-state index contributed by atoms with van der Waals surface area (Å²) < 4.78 is 10.8. The average molecular weight is 334 g/mol. The Labute approximate surface area is 145 Å². The summed E-state index contributed by atoms with van der Waals surface area (Å²) in [7, 11) is 3.53. The number of nitrogens with one attached hydrogen (secondary N) is 2. The maximum Gasteiger partial charge on any atom is 0.191 e. The molecule has 0 saturated carbocycles. The number of aliphatic imine (C=N–C) groups is 1. The third kappa shape index (κ3) is 5.30. The van der Waals surface area contributed by atoms with Crippen LogP contribution in [0.2, 0.25) is 0 Å². The van der Waals surface area contributed by atoms with E-state index in [4.69, 9.17) is 9.47 Å². The molecule has 0 aromatic heterocycles. The Bertz CT molecular complexity index is 521. The van der Waals surface area contributed by atoms with Crippen LogP contribution in [0.3, 0.4) is 0 Å². The molecule has 0 spiro atoms. The van der Waals surface area contributed by atoms with Crippen LogP contribution in [-0.2, 0) is 4.74 Å². The largest absolute Gasteiger partial charge is 0.495 e. The SMILES string of the molecule is CCOCCCNC(=NC)NC1CCN(c2ccccc2OC)C1. The van der Waals surface area contributed by atoms with Gasteiger partial charge in [0.15, 0.2) is 5.96 Å². The molecule has 6 nitrogen and oxygen atoms in total. The lowest BCUT2D eigenvalue weighted by molar-refractivity contribution is 0.145. The van der Waals surface area contributed by atoms with Crippen LogP contribution in [0.15, 0.2) is 29.3 Å². The summed E-state index contributed by atoms with van der Waals surface area (Å²) in [6, 6.07) is 8.56. The van der Waals surface area contributed by atoms with Crippen molar-refractivity contribution in [3.8, 4) is 5.75 Å². The van der Waals surface area contributed by atoms with E-state index in [1.807, 2.05) is 26.1 Å². The van der Waals surface area contributed by atoms with Crippen LogP contribution in [0.25, 0.3) is 0 Å². The Kier molecular flexibility index (Phi) is 7.68. The minimum absolute atomic E-state index is 0.382. The van der Waals surface area contributed by atoms with E-state index in [1.165, 1.54) is 0 Å². The smallest absolute Gasteiger partial charge is 0.191 e. The molecule has 134 valence electrons. The molecule has 1 aliphatic rings. The van der Waals surface area contributed by atoms with Crippen LogP contribution in [0.4, 0.5) is 5.69 Å². The third-order valence-electron chi connectivity index (χ3n) is 4.14. The number of para-hydroxylation sites is 2. The summed E-state index contributed by atoms with van der Waals surface area (Å²) >= 11 is 0. The van der Waals surface area contributed by atoms with E-state index < -0.39 is 0 Å². The van der Waals surface area contributed by atoms with Gasteiger partial charge in [-0.25, -0.2) is 0 Å². The molecule has 1 heterocycles. The van der Waals surface area contributed by atoms with Crippen molar-refractivity contribution in [2.45, 2.75) is 25.8 Å². The van der Waals surface area contributed by atoms with Gasteiger partial charge in [-0.15, -0.1) is 0 Å². The predicted octanol–water partition coefficient (Wildman–Crippen LogP) is 1.87. The predicted molar refractivity (Wildman–Crippen MR) is 99.2 cm³/mol. The molecule has 24 heavy (non-hydrogen) atoms. The minimum Gasteiger partial charge on any atom is -0.495 e. The van der Waals surface area contributed by atoms with Crippen molar-refractivity contribution in [2.75, 3.05) is 51.9 Å². The Morgan fingerprint density at radius 1 is 1.38 bits per heavy atom. The van der Waals surface area contributed by atoms with Crippen LogP contribution < -0.4 is 20.3 Å². The molecule has 1 aromatic carbocycles. The standard InChI is InChI=1S/C18H30N4O2/c1-4-24-13-7-11-20-18(19-2)21-15-10-12-22(14-15)16-8-5-6-9-17(16)23-3/h5-6,8-9,15H,4,7,10-14H2,1-3H3,(H2,19,20,21). The zero-order chi connectivity index (χ0) is 17.2. The van der Waals surface area contributed by atoms with Gasteiger partial charge in [-0.1, -0.05) is 12.1 Å². The van der Waals surface area contributed by atoms with E-state index in [2.05, 4.69) is 32.7 Å². The number of methoxy groups -OCH3 is 1. The average Bonchev–Trinajstić information content (AvgIpc) is 3.08. The molecule has 0 amide bonds. The molecule has 0 aliphatic carbocycles. The molecule has 2 N–H and O–H groups in total. The van der Waals surface area contributed by atoms with Gasteiger partial charge in [-0.3, -0.25) is 4.99 Å². The van der Waals surface area contributed by atoms with E-state index in [-0.39, 0.29) is 0 Å². The van der Waals surface area contributed by atoms with Crippen LogP contribution >= 0.6 is 0 Å². The number of hydrogen-bond donors (Lipinski definition) is 2. The normalized spacial score (nSPS) is 17.9. The van der Waals surface area contributed by atoms with E-state index in [0.29, 0.717) is 6.04 Å². The maximum atomic E-state index is 5.47. The first kappa shape index (κ1) is 18.4. The first-order valence-electron chi connectivity index (χ1n) is 8.71. The lowest BCUT2D eigenvalue weighted by Crippen LogP contribution is -2.45. The van der Waals surface area contributed by atoms with Gasteiger partial charge in [0.05, 0.1) is 12.8 Å². The highest BCUT2D eigenvalue weighted by molar-refractivity contribution is 5.80. The van der Waals surface area contributed by atoms with Crippen molar-refractivity contribution < 1.29 is 9.47 Å². The van der Waals surface area contributed by atoms with Gasteiger partial charge < -0.3 is 25.0 Å². The van der Waals surface area contributed by atoms with Crippen LogP contribution in [0.5, 0.6) is 5.75 Å². The van der Waals surface area contributed by atoms with E-state index in [9.17, 15) is 0 Å². The summed E-state index contributed by atoms with van der Waals surface area (Å²) in [4.78, 5) is 6.67. The molecule has 1 aromatic rings. The first-order chi connectivity index (χ1) is 11.8. The molecule has 1 saturated heterocycles. The number of guanidine groups is 1. The maximum absolute atomic E-state index is 5.47. The molecule has 0 radical (unpaired) electrons. The summed E-state index contributed by atoms with van der Waals surface area (Å²) in [5.41, 5.74) is 1.16. The lowest BCUT2D eigenvalue weighted by Gasteiger charge is -2.22. The number of benzene rings is 1.